The Hall–Kier alpha value is -1.87. The second kappa shape index (κ2) is 6.17. The lowest BCUT2D eigenvalue weighted by Crippen LogP contribution is -2.56. The summed E-state index contributed by atoms with van der Waals surface area (Å²) in [6.45, 7) is 0.263. The van der Waals surface area contributed by atoms with Crippen LogP contribution in [-0.4, -0.2) is 43.9 Å². The van der Waals surface area contributed by atoms with Crippen molar-refractivity contribution in [3.05, 3.63) is 31.5 Å². The third-order valence-electron chi connectivity index (χ3n) is 2.18. The molecule has 0 aliphatic rings. The van der Waals surface area contributed by atoms with E-state index in [-0.39, 0.29) is 19.7 Å². The summed E-state index contributed by atoms with van der Waals surface area (Å²) in [6, 6.07) is 0. The lowest BCUT2D eigenvalue weighted by atomic mass is 10.6. The van der Waals surface area contributed by atoms with E-state index >= 15 is 0 Å². The van der Waals surface area contributed by atoms with E-state index in [0.29, 0.717) is 13.9 Å². The lowest BCUT2D eigenvalue weighted by molar-refractivity contribution is 0.0845. The summed E-state index contributed by atoms with van der Waals surface area (Å²) < 4.78 is 1.78. The van der Waals surface area contributed by atoms with E-state index in [1.54, 1.807) is 6.92 Å². The Morgan fingerprint density at radius 2 is 1.39 bits per heavy atom. The maximum Gasteiger partial charge on any atom is 0.370 e. The third kappa shape index (κ3) is 2.51. The number of aliphatic hydroxyl groups is 2. The van der Waals surface area contributed by atoms with Gasteiger partial charge >= 0.3 is 17.1 Å². The summed E-state index contributed by atoms with van der Waals surface area (Å²) in [6.07, 6.45) is 0. The predicted molar refractivity (Wildman–Crippen MR) is 60.5 cm³/mol. The van der Waals surface area contributed by atoms with Crippen molar-refractivity contribution in [3.8, 4) is 0 Å². The molecule has 1 aromatic heterocycles. The van der Waals surface area contributed by atoms with Crippen molar-refractivity contribution in [2.45, 2.75) is 20.0 Å². The first-order chi connectivity index (χ1) is 8.58. The number of aromatic nitrogens is 3. The quantitative estimate of drug-likeness (QED) is 0.551. The zero-order valence-corrected chi connectivity index (χ0v) is 9.90. The summed E-state index contributed by atoms with van der Waals surface area (Å²) in [5.74, 6) is 0. The molecule has 0 fully saturated rings. The van der Waals surface area contributed by atoms with Crippen LogP contribution in [0.3, 0.4) is 0 Å². The summed E-state index contributed by atoms with van der Waals surface area (Å²) in [5.41, 5.74) is -2.78. The van der Waals surface area contributed by atoms with Crippen LogP contribution in [0.4, 0.5) is 0 Å². The fraction of sp³-hybridized carbons (Fsp3) is 0.667. The lowest BCUT2D eigenvalue weighted by Gasteiger charge is -2.12. The highest BCUT2D eigenvalue weighted by Crippen LogP contribution is 1.74. The molecule has 0 atom stereocenters. The standard InChI is InChI=1S/C9H15N3O6/c1-2-18-12-8(16)10(3-5-13)7(15)11(4-6-14)9(12)17/h13-14H,2-6H2,1H3. The second-order valence-corrected chi connectivity index (χ2v) is 3.31. The van der Waals surface area contributed by atoms with Crippen LogP contribution in [0.1, 0.15) is 6.92 Å². The van der Waals surface area contributed by atoms with Gasteiger partial charge in [-0.1, -0.05) is 4.73 Å². The summed E-state index contributed by atoms with van der Waals surface area (Å²) in [7, 11) is 0. The Labute approximate surface area is 101 Å². The minimum absolute atomic E-state index is 0.0611. The molecule has 0 saturated carbocycles. The molecule has 18 heavy (non-hydrogen) atoms. The van der Waals surface area contributed by atoms with E-state index in [9.17, 15) is 14.4 Å². The maximum absolute atomic E-state index is 11.8. The Balaban J connectivity index is 3.59. The Morgan fingerprint density at radius 1 is 0.944 bits per heavy atom. The van der Waals surface area contributed by atoms with Gasteiger partial charge in [0.15, 0.2) is 0 Å². The number of hydrogen-bond acceptors (Lipinski definition) is 6. The van der Waals surface area contributed by atoms with Gasteiger partial charge in [-0.05, 0) is 6.92 Å². The molecular weight excluding hydrogens is 246 g/mol. The second-order valence-electron chi connectivity index (χ2n) is 3.31. The Bertz CT molecular complexity index is 458. The average molecular weight is 261 g/mol. The molecular formula is C9H15N3O6. The summed E-state index contributed by atoms with van der Waals surface area (Å²) in [4.78, 5) is 40.1. The van der Waals surface area contributed by atoms with E-state index < -0.39 is 30.3 Å². The minimum Gasteiger partial charge on any atom is -0.405 e. The highest BCUT2D eigenvalue weighted by molar-refractivity contribution is 4.76. The van der Waals surface area contributed by atoms with Crippen molar-refractivity contribution in [1.29, 1.82) is 0 Å². The zero-order valence-electron chi connectivity index (χ0n) is 9.90. The molecule has 0 aromatic carbocycles. The SMILES string of the molecule is CCOn1c(=O)n(CCO)c(=O)n(CCO)c1=O. The van der Waals surface area contributed by atoms with Crippen LogP contribution in [0.2, 0.25) is 0 Å². The molecule has 0 aliphatic heterocycles. The third-order valence-corrected chi connectivity index (χ3v) is 2.18. The van der Waals surface area contributed by atoms with Crippen molar-refractivity contribution in [3.63, 3.8) is 0 Å². The first-order valence-corrected chi connectivity index (χ1v) is 5.40. The molecule has 2 N–H and O–H groups in total. The van der Waals surface area contributed by atoms with Gasteiger partial charge in [-0.15, -0.1) is 0 Å². The van der Waals surface area contributed by atoms with E-state index in [0.717, 1.165) is 0 Å². The zero-order chi connectivity index (χ0) is 13.7. The molecule has 0 saturated heterocycles. The van der Waals surface area contributed by atoms with E-state index in [1.807, 2.05) is 0 Å². The number of rotatable bonds is 6. The molecule has 0 unspecified atom stereocenters. The molecule has 9 nitrogen and oxygen atoms in total. The Morgan fingerprint density at radius 3 is 1.72 bits per heavy atom. The summed E-state index contributed by atoms with van der Waals surface area (Å²) in [5, 5.41) is 17.6. The van der Waals surface area contributed by atoms with Gasteiger partial charge in [0.1, 0.15) is 6.61 Å². The number of nitrogens with zero attached hydrogens (tertiary/aromatic N) is 3. The monoisotopic (exact) mass is 261 g/mol. The average Bonchev–Trinajstić information content (AvgIpc) is 2.35. The van der Waals surface area contributed by atoms with Gasteiger partial charge in [0.05, 0.1) is 26.3 Å². The van der Waals surface area contributed by atoms with Crippen LogP contribution in [0.15, 0.2) is 14.4 Å². The number of hydrogen-bond donors (Lipinski definition) is 2. The molecule has 9 heteroatoms. The van der Waals surface area contributed by atoms with Gasteiger partial charge in [-0.25, -0.2) is 23.5 Å². The van der Waals surface area contributed by atoms with Crippen LogP contribution in [0, 0.1) is 0 Å². The predicted octanol–water partition coefficient (Wildman–Crippen LogP) is -3.40. The fourth-order valence-corrected chi connectivity index (χ4v) is 1.43. The van der Waals surface area contributed by atoms with E-state index in [1.165, 1.54) is 0 Å². The minimum atomic E-state index is -0.949. The van der Waals surface area contributed by atoms with Gasteiger partial charge in [0.2, 0.25) is 0 Å². The summed E-state index contributed by atoms with van der Waals surface area (Å²) >= 11 is 0. The van der Waals surface area contributed by atoms with E-state index in [2.05, 4.69) is 0 Å². The molecule has 0 amide bonds. The normalized spacial score (nSPS) is 10.6. The van der Waals surface area contributed by atoms with Crippen LogP contribution in [0.5, 0.6) is 0 Å². The topological polar surface area (TPSA) is 116 Å². The first-order valence-electron chi connectivity index (χ1n) is 5.40. The molecule has 1 rings (SSSR count). The van der Waals surface area contributed by atoms with Crippen LogP contribution < -0.4 is 21.9 Å². The van der Waals surface area contributed by atoms with Crippen LogP contribution in [0.25, 0.3) is 0 Å². The largest absolute Gasteiger partial charge is 0.405 e. The van der Waals surface area contributed by atoms with Crippen molar-refractivity contribution < 1.29 is 15.1 Å². The smallest absolute Gasteiger partial charge is 0.370 e. The fourth-order valence-electron chi connectivity index (χ4n) is 1.43. The highest BCUT2D eigenvalue weighted by Gasteiger charge is 2.15. The highest BCUT2D eigenvalue weighted by atomic mass is 16.7. The number of aliphatic hydroxyl groups excluding tert-OH is 2. The van der Waals surface area contributed by atoms with Crippen LogP contribution >= 0.6 is 0 Å². The van der Waals surface area contributed by atoms with Crippen molar-refractivity contribution in [2.75, 3.05) is 19.8 Å². The molecule has 1 heterocycles. The van der Waals surface area contributed by atoms with Crippen molar-refractivity contribution >= 4 is 0 Å². The molecule has 1 aromatic rings. The van der Waals surface area contributed by atoms with E-state index in [4.69, 9.17) is 15.1 Å². The molecule has 0 aliphatic carbocycles. The van der Waals surface area contributed by atoms with Gasteiger partial charge in [-0.2, -0.15) is 0 Å². The van der Waals surface area contributed by atoms with Gasteiger partial charge in [-0.3, -0.25) is 0 Å². The van der Waals surface area contributed by atoms with Gasteiger partial charge in [0, 0.05) is 0 Å². The van der Waals surface area contributed by atoms with Crippen molar-refractivity contribution in [1.82, 2.24) is 13.9 Å². The van der Waals surface area contributed by atoms with Gasteiger partial charge < -0.3 is 15.1 Å². The molecule has 0 radical (unpaired) electrons. The molecule has 102 valence electrons. The van der Waals surface area contributed by atoms with Crippen molar-refractivity contribution in [2.24, 2.45) is 0 Å². The van der Waals surface area contributed by atoms with Gasteiger partial charge in [0.25, 0.3) is 0 Å². The van der Waals surface area contributed by atoms with Crippen LogP contribution in [-0.2, 0) is 13.1 Å². The molecule has 0 spiro atoms. The Kier molecular flexibility index (Phi) is 4.86. The maximum atomic E-state index is 11.8. The molecule has 0 bridgehead atoms. The first kappa shape index (κ1) is 14.2.